The molecule has 18 heavy (non-hydrogen) atoms. The molecule has 1 aromatic rings. The van der Waals surface area contributed by atoms with E-state index in [-0.39, 0.29) is 11.5 Å². The molecular formula is C14H17ClFNO. The molecule has 0 aliphatic carbocycles. The van der Waals surface area contributed by atoms with E-state index < -0.39 is 5.82 Å². The van der Waals surface area contributed by atoms with Crippen molar-refractivity contribution in [3.8, 4) is 0 Å². The fourth-order valence-electron chi connectivity index (χ4n) is 2.66. The Hall–Kier alpha value is -1.09. The fraction of sp³-hybridized carbons (Fsp3) is 0.500. The first-order chi connectivity index (χ1) is 8.47. The van der Waals surface area contributed by atoms with Crippen LogP contribution in [0.4, 0.5) is 4.39 Å². The van der Waals surface area contributed by atoms with Gasteiger partial charge in [-0.1, -0.05) is 25.4 Å². The molecule has 2 nitrogen and oxygen atoms in total. The molecule has 0 spiro atoms. The number of hydrogen-bond acceptors (Lipinski definition) is 1. The van der Waals surface area contributed by atoms with Gasteiger partial charge in [0.1, 0.15) is 5.82 Å². The highest BCUT2D eigenvalue weighted by atomic mass is 35.5. The predicted molar refractivity (Wildman–Crippen MR) is 70.3 cm³/mol. The summed E-state index contributed by atoms with van der Waals surface area (Å²) in [4.78, 5) is 14.0. The van der Waals surface area contributed by atoms with Gasteiger partial charge in [-0.2, -0.15) is 0 Å². The fourth-order valence-corrected chi connectivity index (χ4v) is 2.83. The van der Waals surface area contributed by atoms with Crippen molar-refractivity contribution in [3.63, 3.8) is 0 Å². The van der Waals surface area contributed by atoms with E-state index in [4.69, 9.17) is 11.6 Å². The van der Waals surface area contributed by atoms with Crippen LogP contribution in [-0.4, -0.2) is 23.9 Å². The Bertz CT molecular complexity index is 453. The van der Waals surface area contributed by atoms with Gasteiger partial charge in [-0.05, 0) is 36.5 Å². The maximum absolute atomic E-state index is 13.7. The van der Waals surface area contributed by atoms with E-state index in [1.807, 2.05) is 0 Å². The Labute approximate surface area is 112 Å². The number of carbonyl (C=O) groups excluding carboxylic acids is 1. The molecule has 1 aliphatic rings. The van der Waals surface area contributed by atoms with E-state index in [0.29, 0.717) is 29.9 Å². The minimum absolute atomic E-state index is 0.0730. The lowest BCUT2D eigenvalue weighted by molar-refractivity contribution is 0.0618. The lowest BCUT2D eigenvalue weighted by atomic mass is 9.91. The highest BCUT2D eigenvalue weighted by Gasteiger charge is 2.27. The van der Waals surface area contributed by atoms with Crippen LogP contribution in [0.15, 0.2) is 18.2 Å². The van der Waals surface area contributed by atoms with Crippen LogP contribution in [0.25, 0.3) is 0 Å². The third kappa shape index (κ3) is 2.83. The number of carbonyl (C=O) groups is 1. The van der Waals surface area contributed by atoms with E-state index in [1.165, 1.54) is 18.2 Å². The van der Waals surface area contributed by atoms with Gasteiger partial charge in [0.25, 0.3) is 5.91 Å². The largest absolute Gasteiger partial charge is 0.338 e. The lowest BCUT2D eigenvalue weighted by Crippen LogP contribution is -2.42. The van der Waals surface area contributed by atoms with Crippen molar-refractivity contribution < 1.29 is 9.18 Å². The molecule has 1 amide bonds. The van der Waals surface area contributed by atoms with Gasteiger partial charge in [-0.25, -0.2) is 4.39 Å². The Kier molecular flexibility index (Phi) is 3.91. The normalized spacial score (nSPS) is 24.1. The molecule has 1 fully saturated rings. The summed E-state index contributed by atoms with van der Waals surface area (Å²) in [5.41, 5.74) is 0.0730. The van der Waals surface area contributed by atoms with Gasteiger partial charge in [0.2, 0.25) is 0 Å². The van der Waals surface area contributed by atoms with Crippen molar-refractivity contribution in [1.82, 2.24) is 4.90 Å². The van der Waals surface area contributed by atoms with Crippen LogP contribution in [0, 0.1) is 17.7 Å². The molecule has 0 bridgehead atoms. The summed E-state index contributed by atoms with van der Waals surface area (Å²) >= 11 is 5.82. The van der Waals surface area contributed by atoms with Crippen LogP contribution < -0.4 is 0 Å². The Balaban J connectivity index is 2.22. The Morgan fingerprint density at radius 2 is 1.94 bits per heavy atom. The van der Waals surface area contributed by atoms with Gasteiger partial charge in [-0.15, -0.1) is 0 Å². The van der Waals surface area contributed by atoms with E-state index in [2.05, 4.69) is 13.8 Å². The molecule has 98 valence electrons. The highest BCUT2D eigenvalue weighted by molar-refractivity contribution is 6.31. The van der Waals surface area contributed by atoms with E-state index in [1.54, 1.807) is 4.90 Å². The zero-order valence-corrected chi connectivity index (χ0v) is 11.4. The minimum Gasteiger partial charge on any atom is -0.338 e. The molecule has 1 saturated heterocycles. The second kappa shape index (κ2) is 5.27. The minimum atomic E-state index is -0.504. The van der Waals surface area contributed by atoms with Crippen molar-refractivity contribution >= 4 is 17.5 Å². The van der Waals surface area contributed by atoms with Gasteiger partial charge in [0.15, 0.2) is 0 Å². The monoisotopic (exact) mass is 269 g/mol. The Morgan fingerprint density at radius 3 is 2.56 bits per heavy atom. The molecule has 2 rings (SSSR count). The van der Waals surface area contributed by atoms with Gasteiger partial charge in [0.05, 0.1) is 5.56 Å². The van der Waals surface area contributed by atoms with E-state index >= 15 is 0 Å². The number of likely N-dealkylation sites (tertiary alicyclic amines) is 1. The van der Waals surface area contributed by atoms with Crippen molar-refractivity contribution in [1.29, 1.82) is 0 Å². The first-order valence-corrected chi connectivity index (χ1v) is 6.59. The summed E-state index contributed by atoms with van der Waals surface area (Å²) in [6, 6.07) is 4.10. The maximum Gasteiger partial charge on any atom is 0.256 e. The van der Waals surface area contributed by atoms with Crippen molar-refractivity contribution in [2.45, 2.75) is 20.3 Å². The molecule has 1 aliphatic heterocycles. The summed E-state index contributed by atoms with van der Waals surface area (Å²) in [5.74, 6) is 0.156. The number of hydrogen-bond donors (Lipinski definition) is 0. The van der Waals surface area contributed by atoms with Crippen molar-refractivity contribution in [3.05, 3.63) is 34.6 Å². The SMILES string of the molecule is CC1CC(C)CN(C(=O)c2cc(Cl)ccc2F)C1. The van der Waals surface area contributed by atoms with Crippen LogP contribution in [0.5, 0.6) is 0 Å². The number of halogens is 2. The smallest absolute Gasteiger partial charge is 0.256 e. The molecule has 0 aromatic heterocycles. The van der Waals surface area contributed by atoms with Crippen LogP contribution in [-0.2, 0) is 0 Å². The standard InChI is InChI=1S/C14H17ClFNO/c1-9-5-10(2)8-17(7-9)14(18)12-6-11(15)3-4-13(12)16/h3-4,6,9-10H,5,7-8H2,1-2H3. The molecule has 0 radical (unpaired) electrons. The highest BCUT2D eigenvalue weighted by Crippen LogP contribution is 2.24. The second-order valence-corrected chi connectivity index (χ2v) is 5.72. The first-order valence-electron chi connectivity index (χ1n) is 6.21. The summed E-state index contributed by atoms with van der Waals surface area (Å²) in [5, 5.41) is 0.387. The second-order valence-electron chi connectivity index (χ2n) is 5.28. The summed E-state index contributed by atoms with van der Waals surface area (Å²) in [7, 11) is 0. The molecule has 0 N–H and O–H groups in total. The zero-order valence-electron chi connectivity index (χ0n) is 10.6. The number of benzene rings is 1. The number of amides is 1. The molecule has 4 heteroatoms. The van der Waals surface area contributed by atoms with Gasteiger partial charge in [-0.3, -0.25) is 4.79 Å². The van der Waals surface area contributed by atoms with Crippen LogP contribution in [0.2, 0.25) is 5.02 Å². The molecule has 1 heterocycles. The number of nitrogens with zero attached hydrogens (tertiary/aromatic N) is 1. The number of rotatable bonds is 1. The Morgan fingerprint density at radius 1 is 1.33 bits per heavy atom. The molecular weight excluding hydrogens is 253 g/mol. The number of piperidine rings is 1. The van der Waals surface area contributed by atoms with E-state index in [0.717, 1.165) is 6.42 Å². The van der Waals surface area contributed by atoms with Crippen molar-refractivity contribution in [2.75, 3.05) is 13.1 Å². The van der Waals surface area contributed by atoms with E-state index in [9.17, 15) is 9.18 Å². The van der Waals surface area contributed by atoms with Crippen LogP contribution >= 0.6 is 11.6 Å². The van der Waals surface area contributed by atoms with Crippen molar-refractivity contribution in [2.24, 2.45) is 11.8 Å². The van der Waals surface area contributed by atoms with Crippen LogP contribution in [0.3, 0.4) is 0 Å². The third-order valence-corrected chi connectivity index (χ3v) is 3.55. The summed E-state index contributed by atoms with van der Waals surface area (Å²) in [6.45, 7) is 5.61. The summed E-state index contributed by atoms with van der Waals surface area (Å²) in [6.07, 6.45) is 1.11. The van der Waals surface area contributed by atoms with Gasteiger partial charge in [0, 0.05) is 18.1 Å². The average molecular weight is 270 g/mol. The predicted octanol–water partition coefficient (Wildman–Crippen LogP) is 3.60. The lowest BCUT2D eigenvalue weighted by Gasteiger charge is -2.35. The van der Waals surface area contributed by atoms with Gasteiger partial charge >= 0.3 is 0 Å². The molecule has 2 atom stereocenters. The molecule has 1 aromatic carbocycles. The summed E-state index contributed by atoms with van der Waals surface area (Å²) < 4.78 is 13.7. The maximum atomic E-state index is 13.7. The molecule has 2 unspecified atom stereocenters. The average Bonchev–Trinajstić information content (AvgIpc) is 2.30. The molecule has 0 saturated carbocycles. The van der Waals surface area contributed by atoms with Gasteiger partial charge < -0.3 is 4.90 Å². The zero-order chi connectivity index (χ0) is 13.3. The third-order valence-electron chi connectivity index (χ3n) is 3.31. The van der Waals surface area contributed by atoms with Crippen LogP contribution in [0.1, 0.15) is 30.6 Å². The topological polar surface area (TPSA) is 20.3 Å². The first kappa shape index (κ1) is 13.3. The quantitative estimate of drug-likeness (QED) is 0.763.